The summed E-state index contributed by atoms with van der Waals surface area (Å²) in [6.45, 7) is 1.55. The van der Waals surface area contributed by atoms with Gasteiger partial charge in [-0.15, -0.1) is 0 Å². The Hall–Kier alpha value is -2.48. The van der Waals surface area contributed by atoms with Crippen LogP contribution in [-0.2, 0) is 22.4 Å². The molecular formula is C21H25NO6S. The number of carbonyl (C=O) groups excluding carboxylic acids is 1. The highest BCUT2D eigenvalue weighted by Crippen LogP contribution is 2.29. The summed E-state index contributed by atoms with van der Waals surface area (Å²) in [7, 11) is 0. The third-order valence-electron chi connectivity index (χ3n) is 5.10. The normalized spacial score (nSPS) is 15.4. The van der Waals surface area contributed by atoms with Crippen molar-refractivity contribution in [3.05, 3.63) is 39.7 Å². The number of carbonyl (C=O) groups is 2. The molecule has 1 amide bonds. The summed E-state index contributed by atoms with van der Waals surface area (Å²) in [5.41, 5.74) is 1.92. The maximum Gasteiger partial charge on any atom is 0.339 e. The van der Waals surface area contributed by atoms with E-state index in [1.54, 1.807) is 19.1 Å². The van der Waals surface area contributed by atoms with Gasteiger partial charge in [-0.2, -0.15) is 11.8 Å². The molecule has 0 bridgehead atoms. The molecule has 29 heavy (non-hydrogen) atoms. The Morgan fingerprint density at radius 1 is 1.28 bits per heavy atom. The van der Waals surface area contributed by atoms with Crippen LogP contribution in [0.4, 0.5) is 0 Å². The number of hydrogen-bond donors (Lipinski definition) is 2. The number of hydrogen-bond acceptors (Lipinski definition) is 6. The summed E-state index contributed by atoms with van der Waals surface area (Å²) in [4.78, 5) is 35.9. The molecule has 3 rings (SSSR count). The molecule has 0 radical (unpaired) electrons. The molecule has 2 atom stereocenters. The van der Waals surface area contributed by atoms with Crippen molar-refractivity contribution in [2.24, 2.45) is 0 Å². The van der Waals surface area contributed by atoms with Gasteiger partial charge < -0.3 is 19.6 Å². The zero-order valence-corrected chi connectivity index (χ0v) is 17.3. The number of ether oxygens (including phenoxy) is 1. The van der Waals surface area contributed by atoms with Gasteiger partial charge >= 0.3 is 11.6 Å². The van der Waals surface area contributed by atoms with E-state index in [2.05, 4.69) is 5.32 Å². The Kier molecular flexibility index (Phi) is 6.84. The fourth-order valence-electron chi connectivity index (χ4n) is 3.54. The molecule has 1 heterocycles. The van der Waals surface area contributed by atoms with Crippen LogP contribution in [0.15, 0.2) is 27.4 Å². The summed E-state index contributed by atoms with van der Waals surface area (Å²) < 4.78 is 11.1. The molecule has 8 heteroatoms. The first kappa shape index (κ1) is 21.2. The molecule has 0 aliphatic heterocycles. The average molecular weight is 419 g/mol. The first-order chi connectivity index (χ1) is 13.9. The third kappa shape index (κ3) is 4.93. The van der Waals surface area contributed by atoms with E-state index in [1.165, 1.54) is 11.8 Å². The Morgan fingerprint density at radius 3 is 2.69 bits per heavy atom. The highest BCUT2D eigenvalue weighted by Gasteiger charge is 2.24. The van der Waals surface area contributed by atoms with Crippen molar-refractivity contribution in [3.63, 3.8) is 0 Å². The molecule has 0 saturated heterocycles. The van der Waals surface area contributed by atoms with E-state index in [4.69, 9.17) is 9.15 Å². The van der Waals surface area contributed by atoms with E-state index < -0.39 is 24.0 Å². The molecule has 1 unspecified atom stereocenters. The summed E-state index contributed by atoms with van der Waals surface area (Å²) in [5, 5.41) is 12.7. The maximum atomic E-state index is 12.4. The largest absolute Gasteiger partial charge is 0.481 e. The van der Waals surface area contributed by atoms with Gasteiger partial charge in [0.05, 0.1) is 0 Å². The van der Waals surface area contributed by atoms with Crippen LogP contribution in [-0.4, -0.2) is 41.1 Å². The number of benzene rings is 1. The molecule has 1 aromatic heterocycles. The van der Waals surface area contributed by atoms with Gasteiger partial charge in [0, 0.05) is 17.0 Å². The van der Waals surface area contributed by atoms with Crippen molar-refractivity contribution >= 4 is 34.6 Å². The topological polar surface area (TPSA) is 106 Å². The van der Waals surface area contributed by atoms with E-state index >= 15 is 0 Å². The molecular weight excluding hydrogens is 394 g/mol. The zero-order valence-electron chi connectivity index (χ0n) is 16.5. The van der Waals surface area contributed by atoms with Gasteiger partial charge in [-0.3, -0.25) is 4.79 Å². The molecule has 0 fully saturated rings. The number of nitrogens with one attached hydrogen (secondary N) is 1. The van der Waals surface area contributed by atoms with Gasteiger partial charge in [0.1, 0.15) is 17.4 Å². The van der Waals surface area contributed by atoms with Crippen LogP contribution in [0.25, 0.3) is 11.0 Å². The minimum atomic E-state index is -1.07. The van der Waals surface area contributed by atoms with Gasteiger partial charge in [-0.25, -0.2) is 9.59 Å². The van der Waals surface area contributed by atoms with Crippen LogP contribution in [0, 0.1) is 0 Å². The summed E-state index contributed by atoms with van der Waals surface area (Å²) in [5.74, 6) is -0.571. The zero-order chi connectivity index (χ0) is 21.0. The third-order valence-corrected chi connectivity index (χ3v) is 5.75. The molecule has 2 aromatic rings. The number of carboxylic acids is 1. The van der Waals surface area contributed by atoms with Crippen LogP contribution < -0.4 is 15.7 Å². The van der Waals surface area contributed by atoms with Crippen molar-refractivity contribution in [2.45, 2.75) is 51.2 Å². The number of fused-ring (bicyclic) bond motifs is 3. The van der Waals surface area contributed by atoms with Crippen molar-refractivity contribution in [3.8, 4) is 5.75 Å². The standard InChI is InChI=1S/C21H25NO6S/c1-12(19(23)22-17(20(24)25)9-10-29-2)27-13-7-8-15-14-5-3-4-6-16(14)21(26)28-18(15)11-13/h7-8,11-12,17H,3-6,9-10H2,1-2H3,(H,22,23)(H,24,25)/t12?,17-/m0/s1. The Balaban J connectivity index is 1.74. The van der Waals surface area contributed by atoms with E-state index in [0.717, 1.165) is 42.2 Å². The lowest BCUT2D eigenvalue weighted by atomic mass is 9.91. The van der Waals surface area contributed by atoms with Crippen LogP contribution in [0.3, 0.4) is 0 Å². The van der Waals surface area contributed by atoms with Gasteiger partial charge in [0.15, 0.2) is 6.10 Å². The van der Waals surface area contributed by atoms with E-state index in [9.17, 15) is 19.5 Å². The van der Waals surface area contributed by atoms with Crippen molar-refractivity contribution in [2.75, 3.05) is 12.0 Å². The molecule has 7 nitrogen and oxygen atoms in total. The van der Waals surface area contributed by atoms with Crippen LogP contribution >= 0.6 is 11.8 Å². The van der Waals surface area contributed by atoms with Gasteiger partial charge in [-0.05, 0) is 68.7 Å². The lowest BCUT2D eigenvalue weighted by Crippen LogP contribution is -2.46. The van der Waals surface area contributed by atoms with Crippen molar-refractivity contribution in [1.82, 2.24) is 5.32 Å². The van der Waals surface area contributed by atoms with E-state index in [0.29, 0.717) is 23.5 Å². The SMILES string of the molecule is CSCC[C@H](NC(=O)C(C)Oc1ccc2c3c(c(=O)oc2c1)CCCC3)C(=O)O. The summed E-state index contributed by atoms with van der Waals surface area (Å²) in [6.07, 6.45) is 4.94. The fraction of sp³-hybridized carbons (Fsp3) is 0.476. The molecule has 156 valence electrons. The quantitative estimate of drug-likeness (QED) is 0.634. The summed E-state index contributed by atoms with van der Waals surface area (Å²) >= 11 is 1.52. The molecule has 0 saturated carbocycles. The number of amides is 1. The lowest BCUT2D eigenvalue weighted by molar-refractivity contribution is -0.142. The number of aryl methyl sites for hydroxylation is 1. The predicted molar refractivity (Wildman–Crippen MR) is 112 cm³/mol. The van der Waals surface area contributed by atoms with Gasteiger partial charge in [0.25, 0.3) is 5.91 Å². The second-order valence-electron chi connectivity index (χ2n) is 7.15. The molecule has 1 aliphatic carbocycles. The first-order valence-electron chi connectivity index (χ1n) is 9.68. The second kappa shape index (κ2) is 9.35. The van der Waals surface area contributed by atoms with E-state index in [1.807, 2.05) is 12.3 Å². The number of carboxylic acid groups (broad SMARTS) is 1. The minimum Gasteiger partial charge on any atom is -0.481 e. The molecule has 1 aromatic carbocycles. The lowest BCUT2D eigenvalue weighted by Gasteiger charge is -2.19. The highest BCUT2D eigenvalue weighted by atomic mass is 32.2. The van der Waals surface area contributed by atoms with Gasteiger partial charge in [-0.1, -0.05) is 0 Å². The van der Waals surface area contributed by atoms with Crippen LogP contribution in [0.2, 0.25) is 0 Å². The predicted octanol–water partition coefficient (Wildman–Crippen LogP) is 2.76. The Morgan fingerprint density at radius 2 is 2.00 bits per heavy atom. The number of rotatable bonds is 8. The molecule has 1 aliphatic rings. The minimum absolute atomic E-state index is 0.312. The van der Waals surface area contributed by atoms with Crippen molar-refractivity contribution in [1.29, 1.82) is 0 Å². The Bertz CT molecular complexity index is 970. The van der Waals surface area contributed by atoms with Gasteiger partial charge in [0.2, 0.25) is 0 Å². The Labute approximate surface area is 172 Å². The number of thioether (sulfide) groups is 1. The smallest absolute Gasteiger partial charge is 0.339 e. The summed E-state index contributed by atoms with van der Waals surface area (Å²) in [6, 6.07) is 4.24. The maximum absolute atomic E-state index is 12.4. The number of aliphatic carboxylic acids is 1. The van der Waals surface area contributed by atoms with Crippen molar-refractivity contribution < 1.29 is 23.8 Å². The van der Waals surface area contributed by atoms with Crippen LogP contribution in [0.1, 0.15) is 37.3 Å². The monoisotopic (exact) mass is 419 g/mol. The molecule has 0 spiro atoms. The highest BCUT2D eigenvalue weighted by molar-refractivity contribution is 7.98. The average Bonchev–Trinajstić information content (AvgIpc) is 2.70. The van der Waals surface area contributed by atoms with E-state index in [-0.39, 0.29) is 5.63 Å². The second-order valence-corrected chi connectivity index (χ2v) is 8.14. The van der Waals surface area contributed by atoms with Crippen LogP contribution in [0.5, 0.6) is 5.75 Å². The first-order valence-corrected chi connectivity index (χ1v) is 11.1. The molecule has 2 N–H and O–H groups in total. The fourth-order valence-corrected chi connectivity index (χ4v) is 4.01.